The van der Waals surface area contributed by atoms with Crippen LogP contribution in [0.5, 0.6) is 0 Å². The molecule has 98 valence electrons. The molecule has 1 aliphatic rings. The van der Waals surface area contributed by atoms with Gasteiger partial charge >= 0.3 is 0 Å². The van der Waals surface area contributed by atoms with Gasteiger partial charge in [0.05, 0.1) is 10.8 Å². The Labute approximate surface area is 116 Å². The molecule has 2 aromatic rings. The molecule has 19 heavy (non-hydrogen) atoms. The molecule has 0 unspecified atom stereocenters. The molecule has 1 atom stereocenters. The largest absolute Gasteiger partial charge is 0.352 e. The van der Waals surface area contributed by atoms with Crippen molar-refractivity contribution in [2.75, 3.05) is 0 Å². The highest BCUT2D eigenvalue weighted by atomic mass is 32.2. The van der Waals surface area contributed by atoms with Gasteiger partial charge in [0.1, 0.15) is 11.4 Å². The lowest BCUT2D eigenvalue weighted by molar-refractivity contribution is -0.120. The van der Waals surface area contributed by atoms with Crippen LogP contribution in [0.3, 0.4) is 0 Å². The standard InChI is InChI=1S/C14H15N3OS/c1-9(13(18)17-10-6-7-10)19-14-11-4-2-3-5-12(11)15-8-16-14/h2-5,8-10H,6-7H2,1H3,(H,17,18)/t9-/m1/s1. The maximum absolute atomic E-state index is 12.0. The number of carbonyl (C=O) groups is 1. The lowest BCUT2D eigenvalue weighted by Gasteiger charge is -2.11. The van der Waals surface area contributed by atoms with E-state index in [1.54, 1.807) is 6.33 Å². The van der Waals surface area contributed by atoms with E-state index in [9.17, 15) is 4.79 Å². The van der Waals surface area contributed by atoms with Crippen molar-refractivity contribution in [1.29, 1.82) is 0 Å². The second-order valence-corrected chi connectivity index (χ2v) is 6.07. The minimum Gasteiger partial charge on any atom is -0.352 e. The molecule has 0 radical (unpaired) electrons. The van der Waals surface area contributed by atoms with E-state index in [0.717, 1.165) is 28.8 Å². The maximum Gasteiger partial charge on any atom is 0.233 e. The van der Waals surface area contributed by atoms with Crippen LogP contribution < -0.4 is 5.32 Å². The van der Waals surface area contributed by atoms with Crippen LogP contribution in [-0.4, -0.2) is 27.2 Å². The predicted octanol–water partition coefficient (Wildman–Crippen LogP) is 2.39. The molecule has 1 amide bonds. The number of rotatable bonds is 4. The Morgan fingerprint density at radius 2 is 2.16 bits per heavy atom. The van der Waals surface area contributed by atoms with Gasteiger partial charge in [0, 0.05) is 11.4 Å². The first kappa shape index (κ1) is 12.4. The third kappa shape index (κ3) is 2.87. The Bertz CT molecular complexity index is 607. The van der Waals surface area contributed by atoms with Crippen LogP contribution in [0.15, 0.2) is 35.6 Å². The van der Waals surface area contributed by atoms with Crippen molar-refractivity contribution < 1.29 is 4.79 Å². The average molecular weight is 273 g/mol. The summed E-state index contributed by atoms with van der Waals surface area (Å²) < 4.78 is 0. The Morgan fingerprint density at radius 3 is 2.95 bits per heavy atom. The van der Waals surface area contributed by atoms with Crippen molar-refractivity contribution in [2.24, 2.45) is 0 Å². The van der Waals surface area contributed by atoms with E-state index in [-0.39, 0.29) is 11.2 Å². The van der Waals surface area contributed by atoms with Crippen LogP contribution in [0, 0.1) is 0 Å². The zero-order valence-electron chi connectivity index (χ0n) is 10.7. The first-order valence-corrected chi connectivity index (χ1v) is 7.29. The molecular formula is C14H15N3OS. The van der Waals surface area contributed by atoms with Gasteiger partial charge in [-0.05, 0) is 25.8 Å². The molecule has 1 aromatic heterocycles. The Balaban J connectivity index is 1.78. The molecule has 0 spiro atoms. The van der Waals surface area contributed by atoms with Crippen molar-refractivity contribution >= 4 is 28.6 Å². The lowest BCUT2D eigenvalue weighted by atomic mass is 10.2. The van der Waals surface area contributed by atoms with Crippen LogP contribution in [0.1, 0.15) is 19.8 Å². The van der Waals surface area contributed by atoms with Gasteiger partial charge in [-0.3, -0.25) is 4.79 Å². The summed E-state index contributed by atoms with van der Waals surface area (Å²) in [6.45, 7) is 1.92. The predicted molar refractivity (Wildman–Crippen MR) is 76.0 cm³/mol. The molecule has 5 heteroatoms. The highest BCUT2D eigenvalue weighted by Gasteiger charge is 2.26. The summed E-state index contributed by atoms with van der Waals surface area (Å²) in [6, 6.07) is 8.26. The average Bonchev–Trinajstić information content (AvgIpc) is 3.23. The lowest BCUT2D eigenvalue weighted by Crippen LogP contribution is -2.32. The second-order valence-electron chi connectivity index (χ2n) is 4.74. The van der Waals surface area contributed by atoms with Crippen molar-refractivity contribution in [1.82, 2.24) is 15.3 Å². The van der Waals surface area contributed by atoms with Crippen molar-refractivity contribution in [3.8, 4) is 0 Å². The normalized spacial score (nSPS) is 16.3. The van der Waals surface area contributed by atoms with Gasteiger partial charge in [0.2, 0.25) is 5.91 Å². The summed E-state index contributed by atoms with van der Waals surface area (Å²) in [5.41, 5.74) is 0.912. The molecule has 3 rings (SSSR count). The third-order valence-electron chi connectivity index (χ3n) is 3.09. The SMILES string of the molecule is C[C@@H](Sc1ncnc2ccccc12)C(=O)NC1CC1. The van der Waals surface area contributed by atoms with Crippen LogP contribution in [0.4, 0.5) is 0 Å². The summed E-state index contributed by atoms with van der Waals surface area (Å²) in [5.74, 6) is 0.0928. The van der Waals surface area contributed by atoms with Gasteiger partial charge in [-0.2, -0.15) is 0 Å². The monoisotopic (exact) mass is 273 g/mol. The van der Waals surface area contributed by atoms with E-state index in [2.05, 4.69) is 15.3 Å². The number of nitrogens with zero attached hydrogens (tertiary/aromatic N) is 2. The number of amides is 1. The molecule has 1 aliphatic carbocycles. The van der Waals surface area contributed by atoms with Crippen LogP contribution in [0.2, 0.25) is 0 Å². The molecule has 0 bridgehead atoms. The van der Waals surface area contributed by atoms with E-state index in [1.165, 1.54) is 11.8 Å². The summed E-state index contributed by atoms with van der Waals surface area (Å²) in [5, 5.41) is 4.74. The summed E-state index contributed by atoms with van der Waals surface area (Å²) in [4.78, 5) is 20.5. The van der Waals surface area contributed by atoms with Crippen molar-refractivity contribution in [2.45, 2.75) is 36.1 Å². The number of carbonyl (C=O) groups excluding carboxylic acids is 1. The fraction of sp³-hybridized carbons (Fsp3) is 0.357. The van der Waals surface area contributed by atoms with Gasteiger partial charge in [0.25, 0.3) is 0 Å². The molecule has 1 N–H and O–H groups in total. The molecule has 1 fully saturated rings. The van der Waals surface area contributed by atoms with Gasteiger partial charge in [-0.1, -0.05) is 30.0 Å². The minimum atomic E-state index is -0.140. The second kappa shape index (κ2) is 5.17. The summed E-state index contributed by atoms with van der Waals surface area (Å²) >= 11 is 1.49. The molecule has 4 nitrogen and oxygen atoms in total. The smallest absolute Gasteiger partial charge is 0.233 e. The Kier molecular flexibility index (Phi) is 3.38. The number of thioether (sulfide) groups is 1. The third-order valence-corrected chi connectivity index (χ3v) is 4.20. The van der Waals surface area contributed by atoms with Gasteiger partial charge in [-0.25, -0.2) is 9.97 Å². The van der Waals surface area contributed by atoms with E-state index in [1.807, 2.05) is 31.2 Å². The van der Waals surface area contributed by atoms with E-state index < -0.39 is 0 Å². The van der Waals surface area contributed by atoms with E-state index in [4.69, 9.17) is 0 Å². The minimum absolute atomic E-state index is 0.0928. The van der Waals surface area contributed by atoms with Gasteiger partial charge in [0.15, 0.2) is 0 Å². The molecule has 1 saturated carbocycles. The summed E-state index contributed by atoms with van der Waals surface area (Å²) in [7, 11) is 0. The number of hydrogen-bond acceptors (Lipinski definition) is 4. The Morgan fingerprint density at radius 1 is 1.37 bits per heavy atom. The highest BCUT2D eigenvalue weighted by molar-refractivity contribution is 8.00. The summed E-state index contributed by atoms with van der Waals surface area (Å²) in [6.07, 6.45) is 3.77. The molecule has 1 aromatic carbocycles. The fourth-order valence-electron chi connectivity index (χ4n) is 1.84. The zero-order valence-corrected chi connectivity index (χ0v) is 11.5. The Hall–Kier alpha value is -1.62. The molecule has 0 aliphatic heterocycles. The number of para-hydroxylation sites is 1. The molecule has 0 saturated heterocycles. The molecular weight excluding hydrogens is 258 g/mol. The van der Waals surface area contributed by atoms with Crippen molar-refractivity contribution in [3.63, 3.8) is 0 Å². The first-order valence-electron chi connectivity index (χ1n) is 6.41. The zero-order chi connectivity index (χ0) is 13.2. The van der Waals surface area contributed by atoms with Crippen LogP contribution in [0.25, 0.3) is 10.9 Å². The van der Waals surface area contributed by atoms with Crippen LogP contribution in [-0.2, 0) is 4.79 Å². The number of hydrogen-bond donors (Lipinski definition) is 1. The van der Waals surface area contributed by atoms with E-state index >= 15 is 0 Å². The quantitative estimate of drug-likeness (QED) is 0.686. The van der Waals surface area contributed by atoms with Gasteiger partial charge < -0.3 is 5.32 Å². The number of nitrogens with one attached hydrogen (secondary N) is 1. The van der Waals surface area contributed by atoms with Crippen molar-refractivity contribution in [3.05, 3.63) is 30.6 Å². The first-order chi connectivity index (χ1) is 9.24. The number of aromatic nitrogens is 2. The maximum atomic E-state index is 12.0. The number of benzene rings is 1. The fourth-order valence-corrected chi connectivity index (χ4v) is 2.76. The molecule has 1 heterocycles. The highest BCUT2D eigenvalue weighted by Crippen LogP contribution is 2.28. The van der Waals surface area contributed by atoms with E-state index in [0.29, 0.717) is 6.04 Å². The topological polar surface area (TPSA) is 54.9 Å². The number of fused-ring (bicyclic) bond motifs is 1. The van der Waals surface area contributed by atoms with Crippen LogP contribution >= 0.6 is 11.8 Å². The van der Waals surface area contributed by atoms with Gasteiger partial charge in [-0.15, -0.1) is 0 Å².